The van der Waals surface area contributed by atoms with E-state index in [1.54, 1.807) is 0 Å². The third-order valence-corrected chi connectivity index (χ3v) is 4.78. The van der Waals surface area contributed by atoms with Gasteiger partial charge in [-0.15, -0.1) is 0 Å². The number of hydrogen-bond acceptors (Lipinski definition) is 2. The average Bonchev–Trinajstić information content (AvgIpc) is 2.45. The summed E-state index contributed by atoms with van der Waals surface area (Å²) in [6.45, 7) is 7.38. The van der Waals surface area contributed by atoms with E-state index in [4.69, 9.17) is 5.11 Å². The van der Waals surface area contributed by atoms with Gasteiger partial charge in [-0.2, -0.15) is 0 Å². The topological polar surface area (TPSA) is 32.3 Å². The molecule has 2 N–H and O–H groups in total. The van der Waals surface area contributed by atoms with Crippen molar-refractivity contribution >= 4 is 5.69 Å². The molecule has 1 aliphatic carbocycles. The van der Waals surface area contributed by atoms with Gasteiger partial charge in [0.15, 0.2) is 0 Å². The van der Waals surface area contributed by atoms with Crippen LogP contribution in [0, 0.1) is 11.3 Å². The highest BCUT2D eigenvalue weighted by Crippen LogP contribution is 2.39. The molecule has 118 valence electrons. The molecule has 0 radical (unpaired) electrons. The quantitative estimate of drug-likeness (QED) is 0.828. The van der Waals surface area contributed by atoms with Gasteiger partial charge >= 0.3 is 0 Å². The molecule has 1 fully saturated rings. The molecule has 0 aromatic heterocycles. The molecule has 2 atom stereocenters. The Hall–Kier alpha value is -1.02. The number of hydrogen-bond donors (Lipinski definition) is 2. The Morgan fingerprint density at radius 1 is 1.19 bits per heavy atom. The van der Waals surface area contributed by atoms with Gasteiger partial charge < -0.3 is 10.4 Å². The molecule has 1 aliphatic rings. The van der Waals surface area contributed by atoms with Crippen molar-refractivity contribution in [3.63, 3.8) is 0 Å². The van der Waals surface area contributed by atoms with Crippen molar-refractivity contribution in [3.05, 3.63) is 29.8 Å². The first-order valence-corrected chi connectivity index (χ1v) is 8.47. The second-order valence-corrected chi connectivity index (χ2v) is 7.54. The Morgan fingerprint density at radius 2 is 1.95 bits per heavy atom. The van der Waals surface area contributed by atoms with Crippen LogP contribution in [0.4, 0.5) is 5.69 Å². The van der Waals surface area contributed by atoms with Crippen LogP contribution >= 0.6 is 0 Å². The summed E-state index contributed by atoms with van der Waals surface area (Å²) in [6.07, 6.45) is 7.14. The first-order valence-electron chi connectivity index (χ1n) is 8.47. The largest absolute Gasteiger partial charge is 0.396 e. The van der Waals surface area contributed by atoms with E-state index < -0.39 is 0 Å². The van der Waals surface area contributed by atoms with E-state index in [1.165, 1.54) is 36.9 Å². The fraction of sp³-hybridized carbons (Fsp3) is 0.684. The number of nitrogens with one attached hydrogen (secondary N) is 1. The number of aliphatic hydroxyl groups is 1. The SMILES string of the molecule is CC(C)(C)C1CCCCC1Nc1cccc(CCCO)c1. The Kier molecular flexibility index (Phi) is 5.69. The third-order valence-electron chi connectivity index (χ3n) is 4.78. The van der Waals surface area contributed by atoms with E-state index >= 15 is 0 Å². The highest BCUT2D eigenvalue weighted by atomic mass is 16.2. The van der Waals surface area contributed by atoms with Crippen molar-refractivity contribution in [1.82, 2.24) is 0 Å². The molecular weight excluding hydrogens is 258 g/mol. The normalized spacial score (nSPS) is 23.0. The number of benzene rings is 1. The van der Waals surface area contributed by atoms with E-state index in [0.29, 0.717) is 11.5 Å². The summed E-state index contributed by atoms with van der Waals surface area (Å²) in [6, 6.07) is 9.31. The van der Waals surface area contributed by atoms with Crippen molar-refractivity contribution in [3.8, 4) is 0 Å². The first-order chi connectivity index (χ1) is 10.0. The zero-order valence-electron chi connectivity index (χ0n) is 13.9. The Bertz CT molecular complexity index is 435. The van der Waals surface area contributed by atoms with Crippen molar-refractivity contribution in [2.45, 2.75) is 65.3 Å². The number of anilines is 1. The summed E-state index contributed by atoms with van der Waals surface area (Å²) in [7, 11) is 0. The molecule has 1 aromatic carbocycles. The van der Waals surface area contributed by atoms with Crippen molar-refractivity contribution in [1.29, 1.82) is 0 Å². The number of aliphatic hydroxyl groups excluding tert-OH is 1. The molecule has 0 aliphatic heterocycles. The summed E-state index contributed by atoms with van der Waals surface area (Å²) in [4.78, 5) is 0. The minimum absolute atomic E-state index is 0.270. The molecule has 2 heteroatoms. The van der Waals surface area contributed by atoms with Crippen LogP contribution in [0.15, 0.2) is 24.3 Å². The van der Waals surface area contributed by atoms with Crippen LogP contribution in [0.25, 0.3) is 0 Å². The van der Waals surface area contributed by atoms with Crippen molar-refractivity contribution in [2.24, 2.45) is 11.3 Å². The van der Waals surface area contributed by atoms with Gasteiger partial charge in [0.25, 0.3) is 0 Å². The summed E-state index contributed by atoms with van der Waals surface area (Å²) in [5.41, 5.74) is 2.93. The molecule has 2 rings (SSSR count). The van der Waals surface area contributed by atoms with E-state index in [1.807, 2.05) is 0 Å². The van der Waals surface area contributed by atoms with Crippen LogP contribution in [0.2, 0.25) is 0 Å². The summed E-state index contributed by atoms with van der Waals surface area (Å²) >= 11 is 0. The lowest BCUT2D eigenvalue weighted by molar-refractivity contribution is 0.163. The molecule has 2 nitrogen and oxygen atoms in total. The fourth-order valence-corrected chi connectivity index (χ4v) is 3.65. The molecule has 1 saturated carbocycles. The van der Waals surface area contributed by atoms with Gasteiger partial charge in [0.2, 0.25) is 0 Å². The number of aryl methyl sites for hydroxylation is 1. The Morgan fingerprint density at radius 3 is 2.67 bits per heavy atom. The Balaban J connectivity index is 2.05. The highest BCUT2D eigenvalue weighted by Gasteiger charge is 2.33. The van der Waals surface area contributed by atoms with Crippen LogP contribution in [-0.4, -0.2) is 17.8 Å². The molecule has 2 unspecified atom stereocenters. The van der Waals surface area contributed by atoms with E-state index in [2.05, 4.69) is 50.4 Å². The predicted molar refractivity (Wildman–Crippen MR) is 90.7 cm³/mol. The third kappa shape index (κ3) is 4.74. The molecule has 0 saturated heterocycles. The molecule has 0 heterocycles. The molecule has 0 bridgehead atoms. The maximum absolute atomic E-state index is 8.97. The summed E-state index contributed by atoms with van der Waals surface area (Å²) < 4.78 is 0. The van der Waals surface area contributed by atoms with Gasteiger partial charge in [0, 0.05) is 18.3 Å². The van der Waals surface area contributed by atoms with Crippen LogP contribution in [0.3, 0.4) is 0 Å². The first kappa shape index (κ1) is 16.4. The monoisotopic (exact) mass is 289 g/mol. The summed E-state index contributed by atoms with van der Waals surface area (Å²) in [5, 5.41) is 12.8. The maximum Gasteiger partial charge on any atom is 0.0434 e. The maximum atomic E-state index is 8.97. The molecule has 0 amide bonds. The summed E-state index contributed by atoms with van der Waals surface area (Å²) in [5.74, 6) is 0.743. The molecule has 1 aromatic rings. The van der Waals surface area contributed by atoms with Crippen LogP contribution in [-0.2, 0) is 6.42 Å². The zero-order chi connectivity index (χ0) is 15.3. The van der Waals surface area contributed by atoms with Crippen LogP contribution < -0.4 is 5.32 Å². The minimum atomic E-state index is 0.270. The predicted octanol–water partition coefficient (Wildman–Crippen LogP) is 4.63. The van der Waals surface area contributed by atoms with Crippen LogP contribution in [0.1, 0.15) is 58.4 Å². The Labute approximate surface area is 130 Å². The van der Waals surface area contributed by atoms with Crippen LogP contribution in [0.5, 0.6) is 0 Å². The van der Waals surface area contributed by atoms with Gasteiger partial charge in [-0.3, -0.25) is 0 Å². The van der Waals surface area contributed by atoms with Crippen molar-refractivity contribution < 1.29 is 5.11 Å². The fourth-order valence-electron chi connectivity index (χ4n) is 3.65. The van der Waals surface area contributed by atoms with Gasteiger partial charge in [0.05, 0.1) is 0 Å². The van der Waals surface area contributed by atoms with Gasteiger partial charge in [-0.05, 0) is 54.7 Å². The zero-order valence-corrected chi connectivity index (χ0v) is 13.9. The second-order valence-electron chi connectivity index (χ2n) is 7.54. The highest BCUT2D eigenvalue weighted by molar-refractivity contribution is 5.47. The second kappa shape index (κ2) is 7.31. The van der Waals surface area contributed by atoms with Gasteiger partial charge in [-0.25, -0.2) is 0 Å². The van der Waals surface area contributed by atoms with E-state index in [-0.39, 0.29) is 6.61 Å². The van der Waals surface area contributed by atoms with E-state index in [9.17, 15) is 0 Å². The molecular formula is C19H31NO. The van der Waals surface area contributed by atoms with Gasteiger partial charge in [-0.1, -0.05) is 45.7 Å². The molecule has 0 spiro atoms. The van der Waals surface area contributed by atoms with Gasteiger partial charge in [0.1, 0.15) is 0 Å². The standard InChI is InChI=1S/C19H31NO/c1-19(2,3)17-11-4-5-12-18(17)20-16-10-6-8-15(14-16)9-7-13-21/h6,8,10,14,17-18,20-21H,4-5,7,9,11-13H2,1-3H3. The lowest BCUT2D eigenvalue weighted by Gasteiger charge is -2.41. The smallest absolute Gasteiger partial charge is 0.0434 e. The lowest BCUT2D eigenvalue weighted by Crippen LogP contribution is -2.39. The number of rotatable bonds is 5. The molecule has 21 heavy (non-hydrogen) atoms. The lowest BCUT2D eigenvalue weighted by atomic mass is 9.69. The minimum Gasteiger partial charge on any atom is -0.396 e. The van der Waals surface area contributed by atoms with E-state index in [0.717, 1.165) is 18.8 Å². The van der Waals surface area contributed by atoms with Crippen molar-refractivity contribution in [2.75, 3.05) is 11.9 Å². The average molecular weight is 289 g/mol.